The first-order valence-corrected chi connectivity index (χ1v) is 14.2. The van der Waals surface area contributed by atoms with Crippen molar-refractivity contribution in [1.29, 1.82) is 0 Å². The third-order valence-corrected chi connectivity index (χ3v) is 8.97. The zero-order valence-electron chi connectivity index (χ0n) is 23.4. The van der Waals surface area contributed by atoms with Crippen LogP contribution in [0.25, 0.3) is 11.0 Å². The number of carbonyl (C=O) groups is 2. The molecule has 2 aliphatic heterocycles. The van der Waals surface area contributed by atoms with Gasteiger partial charge in [-0.2, -0.15) is 0 Å². The SMILES string of the molecule is Cc1ccc(CN2C(=O)C3(c4ccccc42)c2c(oc4cc(C)c(C)cc4c2=O)C(=O)N3Cc2ccccc2Cl)cc1. The highest BCUT2D eigenvalue weighted by molar-refractivity contribution is 6.31. The zero-order chi connectivity index (χ0) is 29.3. The number of amides is 2. The lowest BCUT2D eigenvalue weighted by Gasteiger charge is -2.34. The quantitative estimate of drug-likeness (QED) is 0.236. The second-order valence-electron chi connectivity index (χ2n) is 11.2. The van der Waals surface area contributed by atoms with E-state index in [0.29, 0.717) is 32.8 Å². The number of para-hydroxylation sites is 1. The van der Waals surface area contributed by atoms with Gasteiger partial charge < -0.3 is 14.2 Å². The summed E-state index contributed by atoms with van der Waals surface area (Å²) in [6.45, 7) is 6.14. The number of benzene rings is 4. The maximum atomic E-state index is 15.0. The van der Waals surface area contributed by atoms with E-state index in [0.717, 1.165) is 22.3 Å². The Balaban J connectivity index is 1.52. The van der Waals surface area contributed by atoms with Crippen LogP contribution < -0.4 is 10.3 Å². The highest BCUT2D eigenvalue weighted by Crippen LogP contribution is 2.53. The van der Waals surface area contributed by atoms with Gasteiger partial charge in [0.15, 0.2) is 11.0 Å². The number of hydrogen-bond acceptors (Lipinski definition) is 4. The van der Waals surface area contributed by atoms with Gasteiger partial charge >= 0.3 is 0 Å². The third kappa shape index (κ3) is 3.61. The molecule has 0 bridgehead atoms. The topological polar surface area (TPSA) is 70.8 Å². The van der Waals surface area contributed by atoms with Crippen molar-refractivity contribution < 1.29 is 14.0 Å². The van der Waals surface area contributed by atoms with Gasteiger partial charge in [0.2, 0.25) is 5.76 Å². The molecule has 2 aliphatic rings. The minimum absolute atomic E-state index is 0.00892. The fourth-order valence-corrected chi connectivity index (χ4v) is 6.49. The molecule has 1 atom stereocenters. The molecule has 1 spiro atoms. The van der Waals surface area contributed by atoms with E-state index in [1.807, 2.05) is 87.5 Å². The summed E-state index contributed by atoms with van der Waals surface area (Å²) < 4.78 is 6.25. The molecule has 0 radical (unpaired) electrons. The summed E-state index contributed by atoms with van der Waals surface area (Å²) in [4.78, 5) is 47.0. The maximum Gasteiger partial charge on any atom is 0.291 e. The van der Waals surface area contributed by atoms with Crippen molar-refractivity contribution in [3.8, 4) is 0 Å². The van der Waals surface area contributed by atoms with Crippen molar-refractivity contribution in [3.05, 3.63) is 145 Å². The number of anilines is 1. The van der Waals surface area contributed by atoms with Crippen molar-refractivity contribution in [2.24, 2.45) is 0 Å². The number of carbonyl (C=O) groups excluding carboxylic acids is 2. The average molecular weight is 575 g/mol. The van der Waals surface area contributed by atoms with Gasteiger partial charge in [-0.15, -0.1) is 0 Å². The Hall–Kier alpha value is -4.68. The minimum Gasteiger partial charge on any atom is -0.450 e. The fraction of sp³-hybridized carbons (Fsp3) is 0.171. The van der Waals surface area contributed by atoms with Gasteiger partial charge in [-0.25, -0.2) is 0 Å². The second kappa shape index (κ2) is 9.43. The highest BCUT2D eigenvalue weighted by Gasteiger charge is 2.65. The van der Waals surface area contributed by atoms with Gasteiger partial charge in [0.1, 0.15) is 5.58 Å². The first kappa shape index (κ1) is 26.2. The van der Waals surface area contributed by atoms with E-state index >= 15 is 0 Å². The van der Waals surface area contributed by atoms with Crippen LogP contribution in [-0.2, 0) is 23.4 Å². The Labute approximate surface area is 247 Å². The Morgan fingerprint density at radius 3 is 2.26 bits per heavy atom. The van der Waals surface area contributed by atoms with Crippen LogP contribution in [0, 0.1) is 20.8 Å². The summed E-state index contributed by atoms with van der Waals surface area (Å²) in [7, 11) is 0. The van der Waals surface area contributed by atoms with Crippen molar-refractivity contribution in [2.45, 2.75) is 39.4 Å². The number of halogens is 1. The molecule has 1 aromatic heterocycles. The van der Waals surface area contributed by atoms with Gasteiger partial charge in [0, 0.05) is 17.1 Å². The lowest BCUT2D eigenvalue weighted by Crippen LogP contribution is -2.53. The van der Waals surface area contributed by atoms with E-state index < -0.39 is 11.4 Å². The van der Waals surface area contributed by atoms with E-state index in [9.17, 15) is 14.4 Å². The van der Waals surface area contributed by atoms with Gasteiger partial charge in [0.25, 0.3) is 11.8 Å². The molecule has 0 saturated heterocycles. The fourth-order valence-electron chi connectivity index (χ4n) is 6.30. The number of nitrogens with zero attached hydrogens (tertiary/aromatic N) is 2. The molecule has 4 aromatic carbocycles. The maximum absolute atomic E-state index is 15.0. The molecule has 6 nitrogen and oxygen atoms in total. The van der Waals surface area contributed by atoms with Gasteiger partial charge in [-0.05, 0) is 67.3 Å². The van der Waals surface area contributed by atoms with Gasteiger partial charge in [0.05, 0.1) is 23.2 Å². The molecule has 5 aromatic rings. The first-order valence-electron chi connectivity index (χ1n) is 13.8. The standard InChI is InChI=1S/C35H27ClN2O4/c1-20-12-14-23(15-13-20)18-37-28-11-7-5-9-26(28)35(34(37)41)30-31(39)25-16-21(2)22(3)17-29(25)42-32(30)33(40)38(35)19-24-8-4-6-10-27(24)36/h4-17H,18-19H2,1-3H3. The molecule has 1 unspecified atom stereocenters. The molecule has 7 rings (SSSR count). The molecule has 3 heterocycles. The predicted octanol–water partition coefficient (Wildman–Crippen LogP) is 6.82. The summed E-state index contributed by atoms with van der Waals surface area (Å²) in [6, 6.07) is 26.1. The lowest BCUT2D eigenvalue weighted by molar-refractivity contribution is -0.126. The van der Waals surface area contributed by atoms with Crippen molar-refractivity contribution in [1.82, 2.24) is 4.90 Å². The van der Waals surface area contributed by atoms with Crippen LogP contribution in [-0.4, -0.2) is 16.7 Å². The monoisotopic (exact) mass is 574 g/mol. The van der Waals surface area contributed by atoms with Crippen LogP contribution >= 0.6 is 11.6 Å². The molecule has 2 amide bonds. The van der Waals surface area contributed by atoms with Crippen LogP contribution in [0.5, 0.6) is 0 Å². The Kier molecular flexibility index (Phi) is 5.89. The first-order chi connectivity index (χ1) is 20.2. The van der Waals surface area contributed by atoms with Crippen molar-refractivity contribution in [3.63, 3.8) is 0 Å². The molecule has 0 N–H and O–H groups in total. The molecule has 7 heteroatoms. The van der Waals surface area contributed by atoms with E-state index in [-0.39, 0.29) is 35.7 Å². The summed E-state index contributed by atoms with van der Waals surface area (Å²) in [5, 5.41) is 0.799. The summed E-state index contributed by atoms with van der Waals surface area (Å²) >= 11 is 6.58. The normalized spacial score (nSPS) is 17.4. The smallest absolute Gasteiger partial charge is 0.291 e. The molecule has 0 saturated carbocycles. The van der Waals surface area contributed by atoms with E-state index in [1.165, 1.54) is 4.90 Å². The molecular formula is C35H27ClN2O4. The lowest BCUT2D eigenvalue weighted by atomic mass is 9.83. The summed E-state index contributed by atoms with van der Waals surface area (Å²) in [5.41, 5.74) is 4.03. The molecule has 0 aliphatic carbocycles. The number of hydrogen-bond donors (Lipinski definition) is 0. The Morgan fingerprint density at radius 2 is 1.50 bits per heavy atom. The van der Waals surface area contributed by atoms with E-state index in [2.05, 4.69) is 0 Å². The number of rotatable bonds is 4. The zero-order valence-corrected chi connectivity index (χ0v) is 24.2. The highest BCUT2D eigenvalue weighted by atomic mass is 35.5. The molecule has 208 valence electrons. The van der Waals surface area contributed by atoms with Crippen LogP contribution in [0.4, 0.5) is 5.69 Å². The molecule has 0 fully saturated rings. The van der Waals surface area contributed by atoms with E-state index in [4.69, 9.17) is 16.0 Å². The summed E-state index contributed by atoms with van der Waals surface area (Å²) in [6.07, 6.45) is 0. The number of fused-ring (bicyclic) bond motifs is 5. The predicted molar refractivity (Wildman–Crippen MR) is 163 cm³/mol. The van der Waals surface area contributed by atoms with Crippen LogP contribution in [0.1, 0.15) is 49.5 Å². The largest absolute Gasteiger partial charge is 0.450 e. The van der Waals surface area contributed by atoms with Crippen LogP contribution in [0.15, 0.2) is 94.1 Å². The van der Waals surface area contributed by atoms with Gasteiger partial charge in [-0.1, -0.05) is 77.8 Å². The average Bonchev–Trinajstić information content (AvgIpc) is 3.37. The van der Waals surface area contributed by atoms with E-state index in [1.54, 1.807) is 23.1 Å². The second-order valence-corrected chi connectivity index (χ2v) is 11.6. The van der Waals surface area contributed by atoms with Crippen LogP contribution in [0.3, 0.4) is 0 Å². The third-order valence-electron chi connectivity index (χ3n) is 8.60. The van der Waals surface area contributed by atoms with Crippen molar-refractivity contribution in [2.75, 3.05) is 4.90 Å². The minimum atomic E-state index is -1.72. The van der Waals surface area contributed by atoms with Crippen LogP contribution in [0.2, 0.25) is 5.02 Å². The summed E-state index contributed by atoms with van der Waals surface area (Å²) in [5.74, 6) is -1.01. The Bertz CT molecular complexity index is 2010. The molecular weight excluding hydrogens is 548 g/mol. The van der Waals surface area contributed by atoms with Gasteiger partial charge in [-0.3, -0.25) is 14.4 Å². The molecule has 42 heavy (non-hydrogen) atoms. The Morgan fingerprint density at radius 1 is 0.810 bits per heavy atom. The number of aryl methyl sites for hydroxylation is 3. The van der Waals surface area contributed by atoms with Crippen molar-refractivity contribution >= 4 is 40.1 Å².